The number of carbonyl (C=O) groups excluding carboxylic acids is 1. The molecule has 0 fully saturated rings. The molecule has 0 aliphatic carbocycles. The average Bonchev–Trinajstić information content (AvgIpc) is 3.02. The summed E-state index contributed by atoms with van der Waals surface area (Å²) >= 11 is 0. The zero-order valence-corrected chi connectivity index (χ0v) is 16.2. The maximum Gasteiger partial charge on any atom is 0.274 e. The Balaban J connectivity index is 1.73. The van der Waals surface area contributed by atoms with Crippen molar-refractivity contribution >= 4 is 23.5 Å². The van der Waals surface area contributed by atoms with Gasteiger partial charge < -0.3 is 4.40 Å². The van der Waals surface area contributed by atoms with E-state index in [9.17, 15) is 14.0 Å². The maximum absolute atomic E-state index is 13.2. The molecule has 150 valence electrons. The van der Waals surface area contributed by atoms with Gasteiger partial charge in [-0.25, -0.2) is 9.82 Å². The Labute approximate surface area is 170 Å². The molecule has 30 heavy (non-hydrogen) atoms. The average molecular weight is 404 g/mol. The van der Waals surface area contributed by atoms with Crippen LogP contribution in [-0.4, -0.2) is 31.6 Å². The molecule has 4 aromatic rings. The second-order valence-corrected chi connectivity index (χ2v) is 6.64. The predicted molar refractivity (Wildman–Crippen MR) is 111 cm³/mol. The number of aromatic nitrogens is 4. The van der Waals surface area contributed by atoms with Gasteiger partial charge in [0.25, 0.3) is 5.56 Å². The van der Waals surface area contributed by atoms with Crippen molar-refractivity contribution in [3.05, 3.63) is 92.9 Å². The van der Waals surface area contributed by atoms with Crippen molar-refractivity contribution in [2.75, 3.05) is 5.43 Å². The minimum absolute atomic E-state index is 0.102. The van der Waals surface area contributed by atoms with E-state index in [0.717, 1.165) is 11.1 Å². The van der Waals surface area contributed by atoms with E-state index in [1.54, 1.807) is 23.7 Å². The summed E-state index contributed by atoms with van der Waals surface area (Å²) in [5.41, 5.74) is 5.58. The minimum Gasteiger partial charge on any atom is -0.313 e. The summed E-state index contributed by atoms with van der Waals surface area (Å²) in [5.74, 6) is -0.528. The van der Waals surface area contributed by atoms with Crippen molar-refractivity contribution in [3.8, 4) is 0 Å². The van der Waals surface area contributed by atoms with Gasteiger partial charge in [0.1, 0.15) is 11.5 Å². The number of benzene rings is 1. The number of hydrogen-bond donors (Lipinski definition) is 2. The van der Waals surface area contributed by atoms with Crippen LogP contribution in [0.2, 0.25) is 0 Å². The molecule has 0 saturated carbocycles. The molecule has 0 bridgehead atoms. The Morgan fingerprint density at radius 3 is 2.67 bits per heavy atom. The molecule has 0 aliphatic heterocycles. The highest BCUT2D eigenvalue weighted by atomic mass is 19.1. The zero-order valence-electron chi connectivity index (χ0n) is 16.2. The molecule has 0 radical (unpaired) electrons. The van der Waals surface area contributed by atoms with Crippen LogP contribution in [-0.2, 0) is 0 Å². The number of H-pyrrole nitrogens is 1. The van der Waals surface area contributed by atoms with Gasteiger partial charge in [-0.1, -0.05) is 6.07 Å². The van der Waals surface area contributed by atoms with E-state index in [0.29, 0.717) is 16.8 Å². The van der Waals surface area contributed by atoms with Crippen LogP contribution in [0.25, 0.3) is 5.52 Å². The van der Waals surface area contributed by atoms with Crippen LogP contribution >= 0.6 is 0 Å². The van der Waals surface area contributed by atoms with E-state index >= 15 is 0 Å². The van der Waals surface area contributed by atoms with Crippen molar-refractivity contribution in [1.82, 2.24) is 19.6 Å². The van der Waals surface area contributed by atoms with E-state index in [4.69, 9.17) is 0 Å². The zero-order chi connectivity index (χ0) is 21.3. The highest BCUT2D eigenvalue weighted by Gasteiger charge is 2.20. The van der Waals surface area contributed by atoms with Gasteiger partial charge in [-0.2, -0.15) is 5.10 Å². The fraction of sp³-hybridized carbons (Fsp3) is 0.0952. The molecule has 4 rings (SSSR count). The molecule has 9 heteroatoms. The van der Waals surface area contributed by atoms with Crippen molar-refractivity contribution < 1.29 is 9.18 Å². The van der Waals surface area contributed by atoms with Gasteiger partial charge in [-0.15, -0.1) is 10.2 Å². The van der Waals surface area contributed by atoms with Crippen LogP contribution in [0.15, 0.2) is 58.6 Å². The molecule has 0 spiro atoms. The lowest BCUT2D eigenvalue weighted by molar-refractivity contribution is 0.103. The number of aromatic amines is 1. The number of halogens is 1. The number of anilines is 1. The molecule has 1 aromatic carbocycles. The molecule has 0 aliphatic rings. The van der Waals surface area contributed by atoms with E-state index in [1.165, 1.54) is 24.3 Å². The third-order valence-electron chi connectivity index (χ3n) is 4.68. The number of nitrogens with zero attached hydrogens (tertiary/aromatic N) is 4. The van der Waals surface area contributed by atoms with Crippen molar-refractivity contribution in [1.29, 1.82) is 0 Å². The Kier molecular flexibility index (Phi) is 4.93. The highest BCUT2D eigenvalue weighted by Crippen LogP contribution is 2.24. The van der Waals surface area contributed by atoms with Gasteiger partial charge >= 0.3 is 0 Å². The SMILES string of the molecule is Cc1c(/C=N\Nc2nnc(C)c(=O)[nH]2)c2ccccn2c1C(=O)c1ccc(F)cc1. The largest absolute Gasteiger partial charge is 0.313 e. The normalized spacial score (nSPS) is 11.3. The van der Waals surface area contributed by atoms with Crippen LogP contribution in [0.3, 0.4) is 0 Å². The van der Waals surface area contributed by atoms with Crippen molar-refractivity contribution in [2.24, 2.45) is 5.10 Å². The van der Waals surface area contributed by atoms with Crippen LogP contribution < -0.4 is 11.0 Å². The van der Waals surface area contributed by atoms with E-state index in [-0.39, 0.29) is 23.0 Å². The molecule has 0 amide bonds. The Hall–Kier alpha value is -4.14. The lowest BCUT2D eigenvalue weighted by Gasteiger charge is -2.04. The first-order chi connectivity index (χ1) is 14.5. The summed E-state index contributed by atoms with van der Waals surface area (Å²) in [6.45, 7) is 3.37. The standard InChI is InChI=1S/C21H17FN6O2/c1-12-16(11-23-26-21-24-20(30)13(2)25-27-21)17-5-3-4-10-28(17)18(12)19(29)14-6-8-15(22)9-7-14/h3-11H,1-2H3,(H2,24,26,27,30)/b23-11-. The smallest absolute Gasteiger partial charge is 0.274 e. The summed E-state index contributed by atoms with van der Waals surface area (Å²) in [5, 5.41) is 11.7. The first-order valence-corrected chi connectivity index (χ1v) is 9.08. The topological polar surface area (TPSA) is 105 Å². The number of rotatable bonds is 5. The number of aryl methyl sites for hydroxylation is 1. The molecule has 3 heterocycles. The van der Waals surface area contributed by atoms with E-state index < -0.39 is 5.82 Å². The van der Waals surface area contributed by atoms with Crippen molar-refractivity contribution in [2.45, 2.75) is 13.8 Å². The summed E-state index contributed by atoms with van der Waals surface area (Å²) in [6, 6.07) is 11.0. The monoisotopic (exact) mass is 404 g/mol. The predicted octanol–water partition coefficient (Wildman–Crippen LogP) is 2.85. The molecular formula is C21H17FN6O2. The van der Waals surface area contributed by atoms with E-state index in [2.05, 4.69) is 25.7 Å². The first-order valence-electron chi connectivity index (χ1n) is 9.08. The minimum atomic E-state index is -0.403. The number of carbonyl (C=O) groups is 1. The summed E-state index contributed by atoms with van der Waals surface area (Å²) < 4.78 is 15.0. The fourth-order valence-electron chi connectivity index (χ4n) is 3.14. The second kappa shape index (κ2) is 7.70. The lowest BCUT2D eigenvalue weighted by Crippen LogP contribution is -2.15. The molecule has 0 saturated heterocycles. The summed E-state index contributed by atoms with van der Waals surface area (Å²) in [6.07, 6.45) is 3.33. The number of fused-ring (bicyclic) bond motifs is 1. The number of hydrazone groups is 1. The van der Waals surface area contributed by atoms with E-state index in [1.807, 2.05) is 25.1 Å². The summed E-state index contributed by atoms with van der Waals surface area (Å²) in [7, 11) is 0. The van der Waals surface area contributed by atoms with Crippen LogP contribution in [0.4, 0.5) is 10.3 Å². The van der Waals surface area contributed by atoms with Gasteiger partial charge in [0.15, 0.2) is 0 Å². The number of hydrogen-bond acceptors (Lipinski definition) is 6. The maximum atomic E-state index is 13.2. The molecule has 3 aromatic heterocycles. The molecule has 2 N–H and O–H groups in total. The number of nitrogens with one attached hydrogen (secondary N) is 2. The molecular weight excluding hydrogens is 387 g/mol. The van der Waals surface area contributed by atoms with Gasteiger partial charge in [0.2, 0.25) is 11.7 Å². The first kappa shape index (κ1) is 19.2. The number of pyridine rings is 1. The Bertz CT molecular complexity index is 1340. The second-order valence-electron chi connectivity index (χ2n) is 6.64. The fourth-order valence-corrected chi connectivity index (χ4v) is 3.14. The number of ketones is 1. The van der Waals surface area contributed by atoms with Crippen molar-refractivity contribution in [3.63, 3.8) is 0 Å². The van der Waals surface area contributed by atoms with Crippen LogP contribution in [0.5, 0.6) is 0 Å². The Morgan fingerprint density at radius 2 is 1.93 bits per heavy atom. The Morgan fingerprint density at radius 1 is 1.17 bits per heavy atom. The highest BCUT2D eigenvalue weighted by molar-refractivity contribution is 6.11. The third kappa shape index (κ3) is 3.48. The lowest BCUT2D eigenvalue weighted by atomic mass is 10.0. The van der Waals surface area contributed by atoms with Gasteiger partial charge in [0.05, 0.1) is 17.4 Å². The molecule has 0 atom stereocenters. The van der Waals surface area contributed by atoms with Gasteiger partial charge in [0, 0.05) is 17.3 Å². The van der Waals surface area contributed by atoms with Gasteiger partial charge in [-0.05, 0) is 55.8 Å². The quantitative estimate of drug-likeness (QED) is 0.302. The summed E-state index contributed by atoms with van der Waals surface area (Å²) in [4.78, 5) is 27.2. The van der Waals surface area contributed by atoms with Crippen LogP contribution in [0, 0.1) is 19.7 Å². The van der Waals surface area contributed by atoms with Crippen LogP contribution in [0.1, 0.15) is 32.9 Å². The molecule has 8 nitrogen and oxygen atoms in total. The van der Waals surface area contributed by atoms with Gasteiger partial charge in [-0.3, -0.25) is 14.6 Å². The molecule has 0 unspecified atom stereocenters. The third-order valence-corrected chi connectivity index (χ3v) is 4.68.